The van der Waals surface area contributed by atoms with Gasteiger partial charge in [-0.05, 0) is 183 Å². The molecule has 4 amide bonds. The molecule has 16 heterocycles. The number of likely N-dealkylation sites (tertiary alicyclic amines) is 4. The Balaban J connectivity index is 0.000000112. The van der Waals surface area contributed by atoms with Gasteiger partial charge in [0.25, 0.3) is 23.6 Å². The maximum Gasteiger partial charge on any atom is 0.273 e. The molecular formula is C84H87N29O4. The van der Waals surface area contributed by atoms with Crippen LogP contribution in [0.5, 0.6) is 0 Å². The van der Waals surface area contributed by atoms with Crippen LogP contribution in [0, 0.1) is 65.2 Å². The number of rotatable bonds is 16. The van der Waals surface area contributed by atoms with Crippen LogP contribution in [-0.4, -0.2) is 222 Å². The molecule has 8 bridgehead atoms. The Bertz CT molecular complexity index is 5510. The van der Waals surface area contributed by atoms with Gasteiger partial charge in [-0.25, -0.2) is 59.8 Å². The predicted molar refractivity (Wildman–Crippen MR) is 431 cm³/mol. The smallest absolute Gasteiger partial charge is 0.273 e. The number of hydrogen-bond donors (Lipinski definition) is 4. The average Bonchev–Trinajstić information content (AvgIpc) is 1.39. The molecule has 117 heavy (non-hydrogen) atoms. The minimum Gasteiger partial charge on any atom is -0.364 e. The predicted octanol–water partition coefficient (Wildman–Crippen LogP) is 9.15. The molecule has 33 heteroatoms. The van der Waals surface area contributed by atoms with Crippen molar-refractivity contribution in [2.75, 3.05) is 47.4 Å². The van der Waals surface area contributed by atoms with Gasteiger partial charge >= 0.3 is 0 Å². The van der Waals surface area contributed by atoms with E-state index in [-0.39, 0.29) is 72.0 Å². The third-order valence-corrected chi connectivity index (χ3v) is 22.9. The first-order chi connectivity index (χ1) is 57.0. The fourth-order valence-corrected chi connectivity index (χ4v) is 17.8. The van der Waals surface area contributed by atoms with Gasteiger partial charge in [-0.15, -0.1) is 4.80 Å². The summed E-state index contributed by atoms with van der Waals surface area (Å²) in [6, 6.07) is 19.3. The van der Waals surface area contributed by atoms with Gasteiger partial charge in [0.05, 0.1) is 131 Å². The molecule has 4 aliphatic carbocycles. The van der Waals surface area contributed by atoms with Crippen LogP contribution < -0.4 is 21.3 Å². The fraction of sp³-hybridized carbons (Fsp3) is 0.357. The third kappa shape index (κ3) is 16.6. The molecule has 592 valence electrons. The summed E-state index contributed by atoms with van der Waals surface area (Å²) in [6.45, 7) is 14.5. The van der Waals surface area contributed by atoms with E-state index in [1.165, 1.54) is 4.80 Å². The number of nitrogens with zero attached hydrogens (tertiary/aromatic N) is 25. The van der Waals surface area contributed by atoms with Crippen LogP contribution in [0.15, 0.2) is 178 Å². The number of carbonyl (C=O) groups is 4. The highest BCUT2D eigenvalue weighted by molar-refractivity contribution is 6.01. The van der Waals surface area contributed by atoms with Gasteiger partial charge in [-0.2, -0.15) is 10.2 Å². The van der Waals surface area contributed by atoms with E-state index in [0.29, 0.717) is 86.3 Å². The van der Waals surface area contributed by atoms with Gasteiger partial charge in [0.2, 0.25) is 0 Å². The van der Waals surface area contributed by atoms with E-state index >= 15 is 0 Å². The van der Waals surface area contributed by atoms with Crippen LogP contribution >= 0.6 is 0 Å². The van der Waals surface area contributed by atoms with Crippen LogP contribution in [0.3, 0.4) is 0 Å². The second-order valence-corrected chi connectivity index (χ2v) is 31.2. The van der Waals surface area contributed by atoms with Crippen LogP contribution in [0.4, 0.5) is 23.3 Å². The lowest BCUT2D eigenvalue weighted by Gasteiger charge is -2.34. The number of carbonyl (C=O) groups excluding carboxylic acids is 4. The normalized spacial score (nSPS) is 22.6. The quantitative estimate of drug-likeness (QED) is 0.0700. The molecule has 4 saturated carbocycles. The van der Waals surface area contributed by atoms with Gasteiger partial charge < -0.3 is 40.9 Å². The number of piperidine rings is 4. The number of hydrogen-bond acceptors (Lipinski definition) is 28. The maximum absolute atomic E-state index is 13.6. The molecule has 20 rings (SSSR count). The number of nitrogens with one attached hydrogen (secondary N) is 4. The molecule has 4 aliphatic heterocycles. The molecule has 8 fully saturated rings. The first-order valence-electron chi connectivity index (χ1n) is 39.5. The summed E-state index contributed by atoms with van der Waals surface area (Å²) in [7, 11) is 0. The van der Waals surface area contributed by atoms with Crippen LogP contribution in [-0.2, 0) is 0 Å². The summed E-state index contributed by atoms with van der Waals surface area (Å²) in [5.41, 5.74) is 9.04. The standard InChI is InChI=1S/2C22H23N7O.C21H21N7O.C19H20N8O/c1-13-4-5-16(21-23-6-3-7-24-21)20(27-13)22(30)29-12-15-8-17(18(29)9-15)28-19-11-25-14(2)10-26-19;1-13-6-16(21-23-4-3-5-24-21)20(27-9-13)22(30)29-12-15-7-17(18(29)8-15)28-19-11-25-14(2)10-26-19;1-13-10-26-18(11-25-13)27-16-8-14-9-17(16)28(12-14)21(29)19-15(4-2-5-22-19)20-23-6-3-7-24-20;1-12-9-22-17(10-21-12)25-15-7-13-8-16(15)26(11-13)19(28)14-3-2-4-20-18(14)27-23-5-6-24-27/h3-7,10-11,15,17-18H,8-9,12H2,1-2H3,(H,26,28);3-6,9-11,15,17-18H,7-8,12H2,1-2H3,(H,26,28);2-7,10-11,14,16-17H,8-9,12H2,1H3,(H,26,27);2-6,9-10,13,15-16H,7-8,11H2,1H3,(H,22,25). The van der Waals surface area contributed by atoms with Crippen molar-refractivity contribution in [3.05, 3.63) is 235 Å². The Labute approximate surface area is 674 Å². The summed E-state index contributed by atoms with van der Waals surface area (Å²) in [4.78, 5) is 142. The van der Waals surface area contributed by atoms with E-state index in [1.807, 2.05) is 85.4 Å². The molecule has 12 aromatic heterocycles. The van der Waals surface area contributed by atoms with Gasteiger partial charge in [-0.1, -0.05) is 0 Å². The topological polar surface area (TPSA) is 392 Å². The molecule has 12 atom stereocenters. The Hall–Kier alpha value is -13.6. The molecule has 0 spiro atoms. The SMILES string of the molecule is Cc1cnc(C(=O)N2CC3CC(Nc4cnc(C)cn4)C2C3)c(-c2ncccn2)c1.Cc1cnc(NC2CC3CC2N(C(=O)c2cccnc2-n2nccn2)C3)cn1.Cc1cnc(NC2CC3CC2N(C(=O)c2nc(C)ccc2-c2ncccn2)C3)cn1.Cc1cnc(NC2CC3CC2N(C(=O)c2ncccc2-c2ncccn2)C3)cn1. The van der Waals surface area contributed by atoms with Crippen molar-refractivity contribution in [3.63, 3.8) is 0 Å². The number of amides is 4. The van der Waals surface area contributed by atoms with Crippen LogP contribution in [0.1, 0.15) is 127 Å². The molecule has 8 aliphatic rings. The molecule has 12 unspecified atom stereocenters. The first kappa shape index (κ1) is 76.0. The average molecular weight is 1570 g/mol. The zero-order valence-corrected chi connectivity index (χ0v) is 65.5. The largest absolute Gasteiger partial charge is 0.364 e. The number of aryl methyl sites for hydroxylation is 6. The lowest BCUT2D eigenvalue weighted by molar-refractivity contribution is 0.0679. The van der Waals surface area contributed by atoms with Crippen molar-refractivity contribution in [1.82, 2.24) is 124 Å². The Morgan fingerprint density at radius 1 is 0.316 bits per heavy atom. The number of aromatic nitrogens is 21. The summed E-state index contributed by atoms with van der Waals surface area (Å²) in [6.07, 6.45) is 40.3. The number of anilines is 4. The summed E-state index contributed by atoms with van der Waals surface area (Å²) >= 11 is 0. The Kier molecular flexibility index (Phi) is 21.7. The van der Waals surface area contributed by atoms with E-state index in [9.17, 15) is 19.2 Å². The minimum absolute atomic E-state index is 0.0330. The van der Waals surface area contributed by atoms with Crippen molar-refractivity contribution in [1.29, 1.82) is 0 Å². The molecule has 0 radical (unpaired) electrons. The van der Waals surface area contributed by atoms with Gasteiger partial charge in [0.1, 0.15) is 40.4 Å². The van der Waals surface area contributed by atoms with Crippen molar-refractivity contribution in [3.8, 4) is 40.0 Å². The Morgan fingerprint density at radius 2 is 0.675 bits per heavy atom. The monoisotopic (exact) mass is 1570 g/mol. The van der Waals surface area contributed by atoms with E-state index in [0.717, 1.165) is 135 Å². The van der Waals surface area contributed by atoms with Crippen LogP contribution in [0.25, 0.3) is 40.0 Å². The zero-order valence-electron chi connectivity index (χ0n) is 65.5. The van der Waals surface area contributed by atoms with E-state index in [4.69, 9.17) is 0 Å². The van der Waals surface area contributed by atoms with Gasteiger partial charge in [0.15, 0.2) is 23.3 Å². The van der Waals surface area contributed by atoms with E-state index in [2.05, 4.69) is 121 Å². The highest BCUT2D eigenvalue weighted by Gasteiger charge is 2.52. The highest BCUT2D eigenvalue weighted by atomic mass is 16.2. The van der Waals surface area contributed by atoms with E-state index < -0.39 is 0 Å². The summed E-state index contributed by atoms with van der Waals surface area (Å²) in [5, 5.41) is 22.1. The van der Waals surface area contributed by atoms with Crippen molar-refractivity contribution >= 4 is 46.9 Å². The second-order valence-electron chi connectivity index (χ2n) is 31.2. The highest BCUT2D eigenvalue weighted by Crippen LogP contribution is 2.45. The molecular weight excluding hydrogens is 1480 g/mol. The molecule has 0 aromatic carbocycles. The Morgan fingerprint density at radius 3 is 1.08 bits per heavy atom. The minimum atomic E-state index is -0.0676. The molecule has 12 aromatic rings. The summed E-state index contributed by atoms with van der Waals surface area (Å²) in [5.74, 6) is 6.71. The van der Waals surface area contributed by atoms with Crippen LogP contribution in [0.2, 0.25) is 0 Å². The summed E-state index contributed by atoms with van der Waals surface area (Å²) < 4.78 is 0. The first-order valence-corrected chi connectivity index (χ1v) is 39.5. The maximum atomic E-state index is 13.6. The third-order valence-electron chi connectivity index (χ3n) is 22.9. The number of fused-ring (bicyclic) bond motifs is 8. The van der Waals surface area contributed by atoms with Crippen molar-refractivity contribution in [2.45, 2.75) is 141 Å². The molecule has 4 N–H and O–H groups in total. The van der Waals surface area contributed by atoms with Crippen molar-refractivity contribution < 1.29 is 19.2 Å². The van der Waals surface area contributed by atoms with Gasteiger partial charge in [0, 0.05) is 112 Å². The number of pyridine rings is 4. The molecule has 4 saturated heterocycles. The van der Waals surface area contributed by atoms with E-state index in [1.54, 1.807) is 154 Å². The fourth-order valence-electron chi connectivity index (χ4n) is 17.8. The van der Waals surface area contributed by atoms with Crippen molar-refractivity contribution in [2.24, 2.45) is 23.7 Å². The zero-order chi connectivity index (χ0) is 80.2. The molecule has 33 nitrogen and oxygen atoms in total. The lowest BCUT2D eigenvalue weighted by Crippen LogP contribution is -2.48. The second kappa shape index (κ2) is 33.4. The lowest BCUT2D eigenvalue weighted by atomic mass is 10.0. The van der Waals surface area contributed by atoms with Gasteiger partial charge in [-0.3, -0.25) is 49.1 Å².